The van der Waals surface area contributed by atoms with Gasteiger partial charge in [0, 0.05) is 18.7 Å². The first-order valence-corrected chi connectivity index (χ1v) is 12.9. The number of halogens is 3. The number of carbonyl (C=O) groups excluding carboxylic acids is 1. The van der Waals surface area contributed by atoms with E-state index >= 15 is 0 Å². The summed E-state index contributed by atoms with van der Waals surface area (Å²) in [5.41, 5.74) is 9.48. The van der Waals surface area contributed by atoms with Gasteiger partial charge in [-0.25, -0.2) is 14.6 Å². The van der Waals surface area contributed by atoms with Crippen molar-refractivity contribution in [3.8, 4) is 22.5 Å². The molecule has 0 bridgehead atoms. The topological polar surface area (TPSA) is 104 Å². The molecule has 0 radical (unpaired) electrons. The summed E-state index contributed by atoms with van der Waals surface area (Å²) in [4.78, 5) is 28.8. The molecule has 1 heterocycles. The number of para-hydroxylation sites is 1. The van der Waals surface area contributed by atoms with Crippen LogP contribution in [0.15, 0.2) is 91.0 Å². The van der Waals surface area contributed by atoms with Crippen molar-refractivity contribution in [2.24, 2.45) is 0 Å². The molecular formula is C32H28F3N3O4. The number of rotatable bonds is 7. The normalized spacial score (nSPS) is 11.1. The molecule has 216 valence electrons. The summed E-state index contributed by atoms with van der Waals surface area (Å²) in [6.45, 7) is 3.50. The lowest BCUT2D eigenvalue weighted by atomic mass is 10.0. The molecule has 0 spiro atoms. The van der Waals surface area contributed by atoms with Gasteiger partial charge in [0.25, 0.3) is 0 Å². The van der Waals surface area contributed by atoms with Crippen molar-refractivity contribution < 1.29 is 32.6 Å². The number of nitrogens with one attached hydrogen (secondary N) is 2. The molecule has 4 aromatic carbocycles. The summed E-state index contributed by atoms with van der Waals surface area (Å²) in [5, 5.41) is 10.6. The second kappa shape index (κ2) is 13.1. The number of esters is 1. The van der Waals surface area contributed by atoms with E-state index in [1.165, 1.54) is 29.4 Å². The summed E-state index contributed by atoms with van der Waals surface area (Å²) in [5.74, 6) is -2.19. The van der Waals surface area contributed by atoms with Gasteiger partial charge >= 0.3 is 18.1 Å². The zero-order valence-electron chi connectivity index (χ0n) is 22.8. The van der Waals surface area contributed by atoms with Crippen molar-refractivity contribution in [2.75, 3.05) is 7.11 Å². The van der Waals surface area contributed by atoms with E-state index in [1.54, 1.807) is 6.07 Å². The Morgan fingerprint density at radius 3 is 2.02 bits per heavy atom. The minimum atomic E-state index is -5.08. The molecule has 0 fully saturated rings. The summed E-state index contributed by atoms with van der Waals surface area (Å²) in [6, 6.07) is 30.8. The Labute approximate surface area is 240 Å². The fourth-order valence-corrected chi connectivity index (χ4v) is 4.23. The molecular weight excluding hydrogens is 547 g/mol. The monoisotopic (exact) mass is 575 g/mol. The number of nitrogens with zero attached hydrogens (tertiary/aromatic N) is 1. The number of aromatic nitrogens is 2. The number of hydrogen-bond donors (Lipinski definition) is 3. The molecule has 0 aliphatic heterocycles. The lowest BCUT2D eigenvalue weighted by molar-refractivity contribution is -0.192. The molecule has 7 nitrogen and oxygen atoms in total. The molecule has 0 aliphatic carbocycles. The molecule has 0 aliphatic rings. The van der Waals surface area contributed by atoms with Crippen LogP contribution in [0.2, 0.25) is 0 Å². The first kappa shape index (κ1) is 30.0. The Kier molecular flexibility index (Phi) is 9.39. The van der Waals surface area contributed by atoms with Gasteiger partial charge in [0.15, 0.2) is 0 Å². The minimum Gasteiger partial charge on any atom is -0.475 e. The molecule has 3 N–H and O–H groups in total. The Morgan fingerprint density at radius 2 is 1.43 bits per heavy atom. The third kappa shape index (κ3) is 7.61. The Bertz CT molecular complexity index is 1680. The average Bonchev–Trinajstić information content (AvgIpc) is 3.43. The van der Waals surface area contributed by atoms with E-state index in [0.29, 0.717) is 12.1 Å². The fraction of sp³-hybridized carbons (Fsp3) is 0.156. The van der Waals surface area contributed by atoms with Gasteiger partial charge in [0.1, 0.15) is 5.82 Å². The number of benzene rings is 4. The van der Waals surface area contributed by atoms with E-state index in [1.807, 2.05) is 24.3 Å². The van der Waals surface area contributed by atoms with Gasteiger partial charge in [0.2, 0.25) is 0 Å². The van der Waals surface area contributed by atoms with Gasteiger partial charge in [-0.05, 0) is 52.9 Å². The maximum absolute atomic E-state index is 11.7. The Balaban J connectivity index is 0.000000517. The number of aryl methyl sites for hydroxylation is 1. The molecule has 1 aromatic heterocycles. The van der Waals surface area contributed by atoms with Crippen LogP contribution in [0.4, 0.5) is 13.2 Å². The van der Waals surface area contributed by atoms with E-state index in [2.05, 4.69) is 77.9 Å². The quantitative estimate of drug-likeness (QED) is 0.182. The molecule has 5 rings (SSSR count). The van der Waals surface area contributed by atoms with Gasteiger partial charge in [-0.3, -0.25) is 0 Å². The van der Waals surface area contributed by atoms with Gasteiger partial charge in [-0.1, -0.05) is 72.8 Å². The molecule has 0 saturated carbocycles. The van der Waals surface area contributed by atoms with Crippen LogP contribution >= 0.6 is 0 Å². The molecule has 0 atom stereocenters. The first-order valence-electron chi connectivity index (χ1n) is 12.9. The maximum Gasteiger partial charge on any atom is 0.490 e. The number of imidazole rings is 1. The Morgan fingerprint density at radius 1 is 0.857 bits per heavy atom. The predicted octanol–water partition coefficient (Wildman–Crippen LogP) is 6.92. The number of hydrogen-bond acceptors (Lipinski definition) is 5. The van der Waals surface area contributed by atoms with Crippen LogP contribution < -0.4 is 5.32 Å². The van der Waals surface area contributed by atoms with Gasteiger partial charge < -0.3 is 20.1 Å². The largest absolute Gasteiger partial charge is 0.490 e. The second-order valence-electron chi connectivity index (χ2n) is 9.43. The van der Waals surface area contributed by atoms with Gasteiger partial charge in [0.05, 0.1) is 23.7 Å². The lowest BCUT2D eigenvalue weighted by Crippen LogP contribution is -2.21. The number of H-pyrrole nitrogens is 1. The second-order valence-corrected chi connectivity index (χ2v) is 9.43. The maximum atomic E-state index is 11.7. The van der Waals surface area contributed by atoms with Crippen molar-refractivity contribution in [2.45, 2.75) is 26.2 Å². The molecule has 10 heteroatoms. The smallest absolute Gasteiger partial charge is 0.475 e. The number of alkyl halides is 3. The highest BCUT2D eigenvalue weighted by atomic mass is 19.4. The summed E-state index contributed by atoms with van der Waals surface area (Å²) in [6.07, 6.45) is -5.08. The molecule has 42 heavy (non-hydrogen) atoms. The predicted molar refractivity (Wildman–Crippen MR) is 154 cm³/mol. The lowest BCUT2D eigenvalue weighted by Gasteiger charge is -2.08. The molecule has 5 aromatic rings. The SMILES string of the molecule is COC(=O)c1cccc(CNCc2ccc(-c3ccc(-c4nc5c(C)cccc5[nH]4)cc3)cc2)c1.O=C(O)C(F)(F)F. The number of carbonyl (C=O) groups is 2. The van der Waals surface area contributed by atoms with Crippen molar-refractivity contribution in [1.29, 1.82) is 0 Å². The molecule has 0 amide bonds. The van der Waals surface area contributed by atoms with E-state index in [4.69, 9.17) is 19.6 Å². The van der Waals surface area contributed by atoms with Crippen LogP contribution in [0.25, 0.3) is 33.5 Å². The zero-order chi connectivity index (χ0) is 30.3. The van der Waals surface area contributed by atoms with Gasteiger partial charge in [-0.2, -0.15) is 13.2 Å². The molecule has 0 saturated heterocycles. The highest BCUT2D eigenvalue weighted by Crippen LogP contribution is 2.26. The number of aliphatic carboxylic acids is 1. The number of carboxylic acid groups (broad SMARTS) is 1. The third-order valence-electron chi connectivity index (χ3n) is 6.41. The number of fused-ring (bicyclic) bond motifs is 1. The fourth-order valence-electron chi connectivity index (χ4n) is 4.23. The number of carboxylic acids is 1. The highest BCUT2D eigenvalue weighted by Gasteiger charge is 2.38. The van der Waals surface area contributed by atoms with Crippen LogP contribution in [0, 0.1) is 6.92 Å². The van der Waals surface area contributed by atoms with Crippen molar-refractivity contribution >= 4 is 23.0 Å². The number of ether oxygens (including phenoxy) is 1. The number of methoxy groups -OCH3 is 1. The van der Waals surface area contributed by atoms with Crippen LogP contribution in [-0.4, -0.2) is 40.3 Å². The van der Waals surface area contributed by atoms with Crippen LogP contribution in [0.3, 0.4) is 0 Å². The summed E-state index contributed by atoms with van der Waals surface area (Å²) in [7, 11) is 1.40. The van der Waals surface area contributed by atoms with Crippen molar-refractivity contribution in [3.05, 3.63) is 113 Å². The van der Waals surface area contributed by atoms with E-state index in [9.17, 15) is 18.0 Å². The van der Waals surface area contributed by atoms with E-state index in [-0.39, 0.29) is 5.97 Å². The first-order chi connectivity index (χ1) is 20.0. The average molecular weight is 576 g/mol. The summed E-state index contributed by atoms with van der Waals surface area (Å²) >= 11 is 0. The minimum absolute atomic E-state index is 0.317. The van der Waals surface area contributed by atoms with Crippen molar-refractivity contribution in [1.82, 2.24) is 15.3 Å². The Hall–Kier alpha value is -4.96. The van der Waals surface area contributed by atoms with E-state index < -0.39 is 12.1 Å². The van der Waals surface area contributed by atoms with Crippen LogP contribution in [0.5, 0.6) is 0 Å². The standard InChI is InChI=1S/C30H27N3O2.C2HF3O2/c1-20-5-3-8-27-28(20)33-29(32-27)25-15-13-24(14-16-25)23-11-9-21(10-12-23)18-31-19-22-6-4-7-26(17-22)30(34)35-2;3-2(4,5)1(6)7/h3-17,31H,18-19H2,1-2H3,(H,32,33);(H,6,7). The summed E-state index contributed by atoms with van der Waals surface area (Å²) < 4.78 is 36.5. The number of aromatic amines is 1. The molecule has 0 unspecified atom stereocenters. The van der Waals surface area contributed by atoms with Crippen LogP contribution in [0.1, 0.15) is 27.0 Å². The van der Waals surface area contributed by atoms with Crippen LogP contribution in [-0.2, 0) is 22.6 Å². The zero-order valence-corrected chi connectivity index (χ0v) is 22.8. The van der Waals surface area contributed by atoms with Gasteiger partial charge in [-0.15, -0.1) is 0 Å². The highest BCUT2D eigenvalue weighted by molar-refractivity contribution is 5.89. The van der Waals surface area contributed by atoms with E-state index in [0.717, 1.165) is 34.5 Å². The van der Waals surface area contributed by atoms with Crippen molar-refractivity contribution in [3.63, 3.8) is 0 Å². The third-order valence-corrected chi connectivity index (χ3v) is 6.41.